The second-order valence-corrected chi connectivity index (χ2v) is 4.67. The van der Waals surface area contributed by atoms with Crippen LogP contribution in [-0.2, 0) is 0 Å². The summed E-state index contributed by atoms with van der Waals surface area (Å²) in [4.78, 5) is 28.0. The predicted molar refractivity (Wildman–Crippen MR) is 80.9 cm³/mol. The zero-order valence-electron chi connectivity index (χ0n) is 10.9. The van der Waals surface area contributed by atoms with Gasteiger partial charge in [0.15, 0.2) is 5.82 Å². The van der Waals surface area contributed by atoms with E-state index in [9.17, 15) is 4.79 Å². The molecule has 0 bridgehead atoms. The van der Waals surface area contributed by atoms with E-state index in [4.69, 9.17) is 0 Å². The highest BCUT2D eigenvalue weighted by Gasteiger charge is 2.10. The van der Waals surface area contributed by atoms with Gasteiger partial charge in [0.25, 0.3) is 5.56 Å². The Kier molecular flexibility index (Phi) is 2.50. The maximum atomic E-state index is 12.2. The zero-order valence-corrected chi connectivity index (χ0v) is 10.9. The van der Waals surface area contributed by atoms with Crippen LogP contribution < -0.4 is 5.56 Å². The summed E-state index contributed by atoms with van der Waals surface area (Å²) < 4.78 is 0. The minimum absolute atomic E-state index is 0.168. The highest BCUT2D eigenvalue weighted by atomic mass is 16.1. The predicted octanol–water partition coefficient (Wildman–Crippen LogP) is 2.53. The molecule has 0 saturated heterocycles. The molecule has 2 aromatic carbocycles. The molecule has 0 aliphatic rings. The lowest BCUT2D eigenvalue weighted by Crippen LogP contribution is -2.10. The van der Waals surface area contributed by atoms with Crippen molar-refractivity contribution in [3.8, 4) is 11.5 Å². The summed E-state index contributed by atoms with van der Waals surface area (Å²) in [5.74, 6) is 0.456. The molecule has 2 aromatic heterocycles. The van der Waals surface area contributed by atoms with Crippen molar-refractivity contribution in [1.29, 1.82) is 0 Å². The molecule has 5 heteroatoms. The van der Waals surface area contributed by atoms with Crippen molar-refractivity contribution in [2.75, 3.05) is 0 Å². The smallest absolute Gasteiger partial charge is 0.259 e. The van der Waals surface area contributed by atoms with Crippen molar-refractivity contribution in [3.63, 3.8) is 0 Å². The first-order valence-corrected chi connectivity index (χ1v) is 6.52. The summed E-state index contributed by atoms with van der Waals surface area (Å²) in [5.41, 5.74) is 1.93. The average molecular weight is 274 g/mol. The quantitative estimate of drug-likeness (QED) is 0.579. The number of hydrogen-bond acceptors (Lipinski definition) is 4. The second-order valence-electron chi connectivity index (χ2n) is 4.67. The first kappa shape index (κ1) is 11.7. The van der Waals surface area contributed by atoms with E-state index in [1.807, 2.05) is 42.5 Å². The first-order chi connectivity index (χ1) is 10.3. The molecule has 4 rings (SSSR count). The summed E-state index contributed by atoms with van der Waals surface area (Å²) in [6.07, 6.45) is 1.48. The van der Waals surface area contributed by atoms with E-state index in [1.165, 1.54) is 6.33 Å². The number of hydrogen-bond donors (Lipinski definition) is 1. The van der Waals surface area contributed by atoms with Gasteiger partial charge in [-0.3, -0.25) is 4.79 Å². The van der Waals surface area contributed by atoms with Crippen LogP contribution in [0.1, 0.15) is 0 Å². The lowest BCUT2D eigenvalue weighted by Gasteiger charge is -2.05. The van der Waals surface area contributed by atoms with E-state index in [0.29, 0.717) is 22.4 Å². The SMILES string of the molecule is O=c1[nH]c(-c2ncnc3ccccc23)nc2ccccc12. The minimum Gasteiger partial charge on any atom is -0.305 e. The van der Waals surface area contributed by atoms with Crippen molar-refractivity contribution in [2.45, 2.75) is 0 Å². The fourth-order valence-corrected chi connectivity index (χ4v) is 2.39. The third-order valence-electron chi connectivity index (χ3n) is 3.38. The molecule has 2 heterocycles. The monoisotopic (exact) mass is 274 g/mol. The summed E-state index contributed by atoms with van der Waals surface area (Å²) in [6.45, 7) is 0. The zero-order chi connectivity index (χ0) is 14.2. The summed E-state index contributed by atoms with van der Waals surface area (Å²) in [7, 11) is 0. The molecule has 0 aliphatic carbocycles. The van der Waals surface area contributed by atoms with Crippen LogP contribution in [0, 0.1) is 0 Å². The third kappa shape index (κ3) is 1.87. The number of benzene rings is 2. The van der Waals surface area contributed by atoms with Crippen molar-refractivity contribution in [2.24, 2.45) is 0 Å². The molecule has 0 fully saturated rings. The van der Waals surface area contributed by atoms with Gasteiger partial charge in [0.2, 0.25) is 0 Å². The molecule has 100 valence electrons. The number of para-hydroxylation sites is 2. The number of rotatable bonds is 1. The van der Waals surface area contributed by atoms with Crippen molar-refractivity contribution in [1.82, 2.24) is 19.9 Å². The number of nitrogens with zero attached hydrogens (tertiary/aromatic N) is 3. The lowest BCUT2D eigenvalue weighted by atomic mass is 10.1. The Hall–Kier alpha value is -3.08. The largest absolute Gasteiger partial charge is 0.305 e. The second kappa shape index (κ2) is 4.49. The van der Waals surface area contributed by atoms with Crippen LogP contribution in [0.3, 0.4) is 0 Å². The molecule has 0 radical (unpaired) electrons. The fourth-order valence-electron chi connectivity index (χ4n) is 2.39. The lowest BCUT2D eigenvalue weighted by molar-refractivity contribution is 1.13. The Morgan fingerprint density at radius 2 is 1.52 bits per heavy atom. The average Bonchev–Trinajstić information content (AvgIpc) is 2.54. The van der Waals surface area contributed by atoms with Gasteiger partial charge in [-0.05, 0) is 18.2 Å². The first-order valence-electron chi connectivity index (χ1n) is 6.52. The minimum atomic E-state index is -0.168. The number of nitrogens with one attached hydrogen (secondary N) is 1. The number of aromatic amines is 1. The highest BCUT2D eigenvalue weighted by molar-refractivity contribution is 5.91. The molecule has 5 nitrogen and oxygen atoms in total. The number of aromatic nitrogens is 4. The van der Waals surface area contributed by atoms with Gasteiger partial charge in [0.05, 0.1) is 16.4 Å². The summed E-state index contributed by atoms with van der Waals surface area (Å²) in [6, 6.07) is 14.9. The standard InChI is InChI=1S/C16H10N4O/c21-16-11-6-2-4-8-13(11)19-15(20-16)14-10-5-1-3-7-12(10)17-9-18-14/h1-9H,(H,19,20,21). The molecular formula is C16H10N4O. The van der Waals surface area contributed by atoms with E-state index in [-0.39, 0.29) is 5.56 Å². The van der Waals surface area contributed by atoms with E-state index in [0.717, 1.165) is 10.9 Å². The van der Waals surface area contributed by atoms with E-state index < -0.39 is 0 Å². The maximum absolute atomic E-state index is 12.2. The van der Waals surface area contributed by atoms with Gasteiger partial charge < -0.3 is 4.98 Å². The molecule has 0 aliphatic heterocycles. The van der Waals surface area contributed by atoms with E-state index >= 15 is 0 Å². The number of fused-ring (bicyclic) bond motifs is 2. The van der Waals surface area contributed by atoms with Crippen molar-refractivity contribution < 1.29 is 0 Å². The van der Waals surface area contributed by atoms with E-state index in [1.54, 1.807) is 6.07 Å². The number of H-pyrrole nitrogens is 1. The summed E-state index contributed by atoms with van der Waals surface area (Å²) in [5, 5.41) is 1.43. The Bertz CT molecular complexity index is 1020. The van der Waals surface area contributed by atoms with Gasteiger partial charge in [0, 0.05) is 5.39 Å². The van der Waals surface area contributed by atoms with E-state index in [2.05, 4.69) is 19.9 Å². The third-order valence-corrected chi connectivity index (χ3v) is 3.38. The van der Waals surface area contributed by atoms with Crippen molar-refractivity contribution >= 4 is 21.8 Å². The van der Waals surface area contributed by atoms with Crippen LogP contribution in [-0.4, -0.2) is 19.9 Å². The van der Waals surface area contributed by atoms with Gasteiger partial charge >= 0.3 is 0 Å². The molecule has 4 aromatic rings. The highest BCUT2D eigenvalue weighted by Crippen LogP contribution is 2.22. The Morgan fingerprint density at radius 3 is 2.38 bits per heavy atom. The Balaban J connectivity index is 2.07. The van der Waals surface area contributed by atoms with Crippen LogP contribution in [0.15, 0.2) is 59.7 Å². The Labute approximate surface area is 119 Å². The van der Waals surface area contributed by atoms with Crippen molar-refractivity contribution in [3.05, 3.63) is 65.2 Å². The molecule has 0 atom stereocenters. The van der Waals surface area contributed by atoms with Crippen LogP contribution in [0.2, 0.25) is 0 Å². The van der Waals surface area contributed by atoms with Crippen LogP contribution in [0.5, 0.6) is 0 Å². The van der Waals surface area contributed by atoms with Gasteiger partial charge in [0.1, 0.15) is 12.0 Å². The van der Waals surface area contributed by atoms with Gasteiger partial charge in [-0.25, -0.2) is 15.0 Å². The topological polar surface area (TPSA) is 71.5 Å². The molecule has 0 amide bonds. The molecular weight excluding hydrogens is 264 g/mol. The van der Waals surface area contributed by atoms with Crippen LogP contribution >= 0.6 is 0 Å². The van der Waals surface area contributed by atoms with Gasteiger partial charge in [-0.1, -0.05) is 30.3 Å². The van der Waals surface area contributed by atoms with Crippen LogP contribution in [0.4, 0.5) is 0 Å². The molecule has 21 heavy (non-hydrogen) atoms. The summed E-state index contributed by atoms with van der Waals surface area (Å²) >= 11 is 0. The molecule has 0 spiro atoms. The molecule has 0 saturated carbocycles. The molecule has 0 unspecified atom stereocenters. The fraction of sp³-hybridized carbons (Fsp3) is 0. The maximum Gasteiger partial charge on any atom is 0.259 e. The normalized spacial score (nSPS) is 11.0. The Morgan fingerprint density at radius 1 is 0.810 bits per heavy atom. The van der Waals surface area contributed by atoms with Crippen LogP contribution in [0.25, 0.3) is 33.3 Å². The van der Waals surface area contributed by atoms with Gasteiger partial charge in [-0.2, -0.15) is 0 Å². The molecule has 1 N–H and O–H groups in total. The van der Waals surface area contributed by atoms with Gasteiger partial charge in [-0.15, -0.1) is 0 Å².